The molecule has 0 aliphatic carbocycles. The number of nitrogens with zero attached hydrogens (tertiary/aromatic N) is 4. The Morgan fingerprint density at radius 3 is 2.56 bits per heavy atom. The van der Waals surface area contributed by atoms with Gasteiger partial charge in [0.2, 0.25) is 11.7 Å². The highest BCUT2D eigenvalue weighted by atomic mass is 35.5. The fourth-order valence-electron chi connectivity index (χ4n) is 2.30. The maximum absolute atomic E-state index is 12.4. The Labute approximate surface area is 161 Å². The molecule has 2 aromatic carbocycles. The number of halogens is 1. The Balaban J connectivity index is 1.66. The lowest BCUT2D eigenvalue weighted by Gasteiger charge is -2.08. The fraction of sp³-hybridized carbons (Fsp3) is 0.211. The minimum atomic E-state index is -0.160. The van der Waals surface area contributed by atoms with E-state index >= 15 is 0 Å². The van der Waals surface area contributed by atoms with Crippen LogP contribution in [-0.2, 0) is 11.3 Å². The molecule has 3 aromatic rings. The van der Waals surface area contributed by atoms with Gasteiger partial charge in [0.05, 0.1) is 0 Å². The summed E-state index contributed by atoms with van der Waals surface area (Å²) in [5, 5.41) is 15.5. The number of carbonyl (C=O) groups excluding carboxylic acids is 2. The lowest BCUT2D eigenvalue weighted by Crippen LogP contribution is -2.18. The highest BCUT2D eigenvalue weighted by Gasteiger charge is 2.12. The van der Waals surface area contributed by atoms with E-state index in [4.69, 9.17) is 11.6 Å². The average Bonchev–Trinajstić information content (AvgIpc) is 3.10. The molecule has 1 heterocycles. The van der Waals surface area contributed by atoms with Crippen molar-refractivity contribution in [3.8, 4) is 11.4 Å². The number of rotatable bonds is 6. The number of carbonyl (C=O) groups is 2. The molecule has 1 aromatic heterocycles. The Bertz CT molecular complexity index is 966. The van der Waals surface area contributed by atoms with Gasteiger partial charge in [0, 0.05) is 27.8 Å². The Morgan fingerprint density at radius 1 is 1.15 bits per heavy atom. The minimum absolute atomic E-state index is 0.0364. The van der Waals surface area contributed by atoms with Crippen molar-refractivity contribution >= 4 is 29.0 Å². The quantitative estimate of drug-likeness (QED) is 0.658. The van der Waals surface area contributed by atoms with Crippen LogP contribution >= 0.6 is 11.6 Å². The van der Waals surface area contributed by atoms with Gasteiger partial charge in [-0.2, -0.15) is 4.80 Å². The van der Waals surface area contributed by atoms with E-state index in [1.54, 1.807) is 42.5 Å². The zero-order valence-corrected chi connectivity index (χ0v) is 15.6. The summed E-state index contributed by atoms with van der Waals surface area (Å²) in [4.78, 5) is 25.4. The third-order valence-electron chi connectivity index (χ3n) is 3.82. The molecule has 0 saturated heterocycles. The molecular formula is C19H18ClN5O2. The molecule has 27 heavy (non-hydrogen) atoms. The van der Waals surface area contributed by atoms with Crippen molar-refractivity contribution in [1.82, 2.24) is 20.2 Å². The number of amides is 1. The lowest BCUT2D eigenvalue weighted by atomic mass is 10.1. The second kappa shape index (κ2) is 8.09. The maximum Gasteiger partial charge on any atom is 0.226 e. The van der Waals surface area contributed by atoms with Crippen LogP contribution in [0.15, 0.2) is 48.5 Å². The molecule has 0 saturated carbocycles. The number of ketones is 1. The van der Waals surface area contributed by atoms with Crippen LogP contribution in [0.3, 0.4) is 0 Å². The summed E-state index contributed by atoms with van der Waals surface area (Å²) >= 11 is 5.96. The summed E-state index contributed by atoms with van der Waals surface area (Å²) in [5.41, 5.74) is 1.87. The number of hydrogen-bond donors (Lipinski definition) is 1. The summed E-state index contributed by atoms with van der Waals surface area (Å²) in [6, 6.07) is 13.8. The summed E-state index contributed by atoms with van der Waals surface area (Å²) in [6.07, 6.45) is 0. The second-order valence-electron chi connectivity index (χ2n) is 6.30. The molecule has 138 valence electrons. The fourth-order valence-corrected chi connectivity index (χ4v) is 2.49. The first-order valence-corrected chi connectivity index (χ1v) is 8.78. The Hall–Kier alpha value is -3.06. The van der Waals surface area contributed by atoms with Crippen LogP contribution in [-0.4, -0.2) is 31.9 Å². The molecule has 0 aliphatic heterocycles. The van der Waals surface area contributed by atoms with Crippen molar-refractivity contribution in [2.45, 2.75) is 20.4 Å². The van der Waals surface area contributed by atoms with Crippen LogP contribution in [0, 0.1) is 5.92 Å². The van der Waals surface area contributed by atoms with Gasteiger partial charge < -0.3 is 5.32 Å². The number of tetrazole rings is 1. The molecule has 1 amide bonds. The molecule has 0 fully saturated rings. The van der Waals surface area contributed by atoms with Gasteiger partial charge in [-0.3, -0.25) is 9.59 Å². The maximum atomic E-state index is 12.4. The van der Waals surface area contributed by atoms with Crippen molar-refractivity contribution < 1.29 is 9.59 Å². The average molecular weight is 384 g/mol. The first kappa shape index (κ1) is 18.7. The highest BCUT2D eigenvalue weighted by molar-refractivity contribution is 6.30. The molecule has 0 radical (unpaired) electrons. The molecule has 0 unspecified atom stereocenters. The third kappa shape index (κ3) is 4.77. The Morgan fingerprint density at radius 2 is 1.89 bits per heavy atom. The van der Waals surface area contributed by atoms with Gasteiger partial charge >= 0.3 is 0 Å². The first-order valence-electron chi connectivity index (χ1n) is 8.40. The number of aromatic nitrogens is 4. The molecule has 8 heteroatoms. The number of anilines is 1. The van der Waals surface area contributed by atoms with E-state index < -0.39 is 0 Å². The normalized spacial score (nSPS) is 10.8. The third-order valence-corrected chi connectivity index (χ3v) is 4.05. The SMILES string of the molecule is CC(C)C(=O)Nc1ccc(C(=O)Cn2nnc(-c3cccc(Cl)c3)n2)cc1. The molecule has 0 spiro atoms. The highest BCUT2D eigenvalue weighted by Crippen LogP contribution is 2.18. The van der Waals surface area contributed by atoms with Crippen LogP contribution in [0.1, 0.15) is 24.2 Å². The molecule has 0 aliphatic rings. The first-order chi connectivity index (χ1) is 12.9. The van der Waals surface area contributed by atoms with Gasteiger partial charge in [0.15, 0.2) is 5.78 Å². The summed E-state index contributed by atoms with van der Waals surface area (Å²) < 4.78 is 0. The number of nitrogens with one attached hydrogen (secondary N) is 1. The standard InChI is InChI=1S/C19H18ClN5O2/c1-12(2)19(27)21-16-8-6-13(7-9-16)17(26)11-25-23-18(22-24-25)14-4-3-5-15(20)10-14/h3-10,12H,11H2,1-2H3,(H,21,27). The smallest absolute Gasteiger partial charge is 0.226 e. The van der Waals surface area contributed by atoms with E-state index in [-0.39, 0.29) is 24.2 Å². The van der Waals surface area contributed by atoms with Gasteiger partial charge in [-0.05, 0) is 41.6 Å². The van der Waals surface area contributed by atoms with Crippen LogP contribution < -0.4 is 5.32 Å². The predicted octanol–water partition coefficient (Wildman–Crippen LogP) is 3.47. The second-order valence-corrected chi connectivity index (χ2v) is 6.73. The van der Waals surface area contributed by atoms with Gasteiger partial charge in [-0.15, -0.1) is 10.2 Å². The van der Waals surface area contributed by atoms with Crippen LogP contribution in [0.5, 0.6) is 0 Å². The van der Waals surface area contributed by atoms with E-state index in [9.17, 15) is 9.59 Å². The summed E-state index contributed by atoms with van der Waals surface area (Å²) in [7, 11) is 0. The zero-order valence-electron chi connectivity index (χ0n) is 14.9. The van der Waals surface area contributed by atoms with E-state index in [2.05, 4.69) is 20.7 Å². The number of Topliss-reactive ketones (excluding diaryl/α,β-unsaturated/α-hetero) is 1. The van der Waals surface area contributed by atoms with E-state index in [1.807, 2.05) is 19.9 Å². The van der Waals surface area contributed by atoms with E-state index in [0.29, 0.717) is 22.1 Å². The van der Waals surface area contributed by atoms with Gasteiger partial charge in [-0.25, -0.2) is 0 Å². The zero-order chi connectivity index (χ0) is 19.4. The van der Waals surface area contributed by atoms with Crippen LogP contribution in [0.4, 0.5) is 5.69 Å². The molecule has 7 nitrogen and oxygen atoms in total. The van der Waals surface area contributed by atoms with Crippen LogP contribution in [0.2, 0.25) is 5.02 Å². The van der Waals surface area contributed by atoms with Crippen molar-refractivity contribution in [2.75, 3.05) is 5.32 Å². The number of benzene rings is 2. The van der Waals surface area contributed by atoms with E-state index in [1.165, 1.54) is 4.80 Å². The molecule has 0 atom stereocenters. The molecule has 0 bridgehead atoms. The molecular weight excluding hydrogens is 366 g/mol. The predicted molar refractivity (Wildman–Crippen MR) is 103 cm³/mol. The number of hydrogen-bond acceptors (Lipinski definition) is 5. The van der Waals surface area contributed by atoms with Gasteiger partial charge in [0.1, 0.15) is 6.54 Å². The lowest BCUT2D eigenvalue weighted by molar-refractivity contribution is -0.118. The van der Waals surface area contributed by atoms with Crippen molar-refractivity contribution in [1.29, 1.82) is 0 Å². The Kier molecular flexibility index (Phi) is 5.61. The molecule has 3 rings (SSSR count). The van der Waals surface area contributed by atoms with E-state index in [0.717, 1.165) is 5.56 Å². The van der Waals surface area contributed by atoms with Crippen LogP contribution in [0.25, 0.3) is 11.4 Å². The minimum Gasteiger partial charge on any atom is -0.326 e. The van der Waals surface area contributed by atoms with Gasteiger partial charge in [0.25, 0.3) is 0 Å². The van der Waals surface area contributed by atoms with Crippen molar-refractivity contribution in [3.05, 3.63) is 59.1 Å². The monoisotopic (exact) mass is 383 g/mol. The summed E-state index contributed by atoms with van der Waals surface area (Å²) in [5.74, 6) is 0.0525. The van der Waals surface area contributed by atoms with Gasteiger partial charge in [-0.1, -0.05) is 37.6 Å². The summed E-state index contributed by atoms with van der Waals surface area (Å²) in [6.45, 7) is 3.59. The topological polar surface area (TPSA) is 89.8 Å². The largest absolute Gasteiger partial charge is 0.326 e. The molecule has 1 N–H and O–H groups in total. The van der Waals surface area contributed by atoms with Crippen molar-refractivity contribution in [2.24, 2.45) is 5.92 Å². The van der Waals surface area contributed by atoms with Crippen molar-refractivity contribution in [3.63, 3.8) is 0 Å².